The Labute approximate surface area is 222 Å². The van der Waals surface area contributed by atoms with E-state index in [-0.39, 0.29) is 56.4 Å². The molecule has 0 aliphatic carbocycles. The molecule has 1 fully saturated rings. The van der Waals surface area contributed by atoms with Crippen LogP contribution in [0.15, 0.2) is 34.9 Å². The highest BCUT2D eigenvalue weighted by Crippen LogP contribution is 2.20. The van der Waals surface area contributed by atoms with E-state index in [4.69, 9.17) is 52.0 Å². The molecule has 0 bridgehead atoms. The molecule has 15 heteroatoms. The van der Waals surface area contributed by atoms with E-state index < -0.39 is 33.9 Å². The van der Waals surface area contributed by atoms with Crippen molar-refractivity contribution in [1.82, 2.24) is 14.7 Å². The van der Waals surface area contributed by atoms with Gasteiger partial charge in [0.1, 0.15) is 35.0 Å². The topological polar surface area (TPSA) is 190 Å². The van der Waals surface area contributed by atoms with E-state index in [1.807, 2.05) is 0 Å². The van der Waals surface area contributed by atoms with Gasteiger partial charge < -0.3 is 17.2 Å². The van der Waals surface area contributed by atoms with Crippen LogP contribution in [-0.2, 0) is 28.8 Å². The number of hydrogen-bond acceptors (Lipinski definition) is 9. The van der Waals surface area contributed by atoms with Gasteiger partial charge in [-0.25, -0.2) is 0 Å². The fourth-order valence-corrected chi connectivity index (χ4v) is 3.94. The molecular formula is C21H27Cl3N6O6. The highest BCUT2D eigenvalue weighted by Gasteiger charge is 2.30. The predicted octanol–water partition coefficient (Wildman–Crippen LogP) is -1.57. The maximum absolute atomic E-state index is 11.6. The van der Waals surface area contributed by atoms with E-state index in [2.05, 4.69) is 0 Å². The molecule has 0 radical (unpaired) electrons. The van der Waals surface area contributed by atoms with E-state index in [9.17, 15) is 28.8 Å². The third-order valence-electron chi connectivity index (χ3n) is 4.99. The van der Waals surface area contributed by atoms with Crippen molar-refractivity contribution in [2.24, 2.45) is 17.2 Å². The normalized spacial score (nSPS) is 19.2. The summed E-state index contributed by atoms with van der Waals surface area (Å²) in [7, 11) is 0. The number of primary amides is 3. The minimum Gasteiger partial charge on any atom is -0.368 e. The molecule has 0 aromatic heterocycles. The zero-order valence-corrected chi connectivity index (χ0v) is 21.4. The van der Waals surface area contributed by atoms with Gasteiger partial charge in [0.25, 0.3) is 0 Å². The number of carbonyl (C=O) groups is 6. The predicted molar refractivity (Wildman–Crippen MR) is 134 cm³/mol. The quantitative estimate of drug-likeness (QED) is 0.120. The summed E-state index contributed by atoms with van der Waals surface area (Å²) < 4.78 is 0. The van der Waals surface area contributed by atoms with Gasteiger partial charge in [-0.15, -0.1) is 34.8 Å². The molecule has 0 aromatic carbocycles. The molecule has 0 spiro atoms. The summed E-state index contributed by atoms with van der Waals surface area (Å²) in [5, 5.41) is -3.75. The molecule has 1 rings (SSSR count). The van der Waals surface area contributed by atoms with Crippen LogP contribution in [0.25, 0.3) is 0 Å². The van der Waals surface area contributed by atoms with Crippen molar-refractivity contribution in [3.63, 3.8) is 0 Å². The van der Waals surface area contributed by atoms with Gasteiger partial charge >= 0.3 is 0 Å². The Morgan fingerprint density at radius 3 is 0.972 bits per heavy atom. The van der Waals surface area contributed by atoms with Gasteiger partial charge in [0.05, 0.1) is 20.0 Å². The second-order valence-corrected chi connectivity index (χ2v) is 9.15. The van der Waals surface area contributed by atoms with Crippen LogP contribution in [0.5, 0.6) is 0 Å². The van der Waals surface area contributed by atoms with Gasteiger partial charge in [-0.2, -0.15) is 0 Å². The minimum absolute atomic E-state index is 0.0303. The molecule has 198 valence electrons. The molecule has 3 atom stereocenters. The molecule has 36 heavy (non-hydrogen) atoms. The molecule has 3 amide bonds. The van der Waals surface area contributed by atoms with Gasteiger partial charge in [0, 0.05) is 19.6 Å². The smallest absolute Gasteiger partial charge is 0.239 e. The number of alkyl halides is 3. The monoisotopic (exact) mass is 564 g/mol. The Morgan fingerprint density at radius 1 is 0.583 bits per heavy atom. The first-order valence-corrected chi connectivity index (χ1v) is 11.7. The molecule has 12 nitrogen and oxygen atoms in total. The SMILES string of the molecule is NC(=O)C(Cl)C(=CC=O)CN1CN(CC(=CC=O)C(Cl)C(N)=O)CN(CC(=CC=O)C(Cl)C(N)=O)C1. The van der Waals surface area contributed by atoms with Crippen molar-refractivity contribution in [2.75, 3.05) is 39.6 Å². The molecule has 1 saturated heterocycles. The summed E-state index contributed by atoms with van der Waals surface area (Å²) in [4.78, 5) is 73.4. The van der Waals surface area contributed by atoms with Crippen LogP contribution in [0.3, 0.4) is 0 Å². The zero-order valence-electron chi connectivity index (χ0n) is 19.1. The van der Waals surface area contributed by atoms with Crippen molar-refractivity contribution in [3.8, 4) is 0 Å². The number of nitrogens with two attached hydrogens (primary N) is 3. The highest BCUT2D eigenvalue weighted by atomic mass is 35.5. The molecule has 3 unspecified atom stereocenters. The molecule has 0 aromatic rings. The minimum atomic E-state index is -1.25. The first kappa shape index (κ1) is 31.4. The molecule has 0 saturated carbocycles. The summed E-state index contributed by atoms with van der Waals surface area (Å²) in [6, 6.07) is 0. The maximum Gasteiger partial charge on any atom is 0.239 e. The van der Waals surface area contributed by atoms with Crippen molar-refractivity contribution < 1.29 is 28.8 Å². The number of carbonyl (C=O) groups excluding carboxylic acids is 6. The molecule has 1 heterocycles. The number of halogens is 3. The van der Waals surface area contributed by atoms with Crippen LogP contribution in [0.2, 0.25) is 0 Å². The average Bonchev–Trinajstić information content (AvgIpc) is 2.81. The fourth-order valence-electron chi connectivity index (χ4n) is 3.52. The van der Waals surface area contributed by atoms with Gasteiger partial charge in [0.2, 0.25) is 17.7 Å². The molecule has 6 N–H and O–H groups in total. The summed E-state index contributed by atoms with van der Waals surface area (Å²) >= 11 is 18.2. The average molecular weight is 566 g/mol. The number of allylic oxidation sites excluding steroid dienone is 3. The lowest BCUT2D eigenvalue weighted by atomic mass is 10.1. The molecule has 1 aliphatic heterocycles. The summed E-state index contributed by atoms with van der Waals surface area (Å²) in [6.07, 6.45) is 4.80. The lowest BCUT2D eigenvalue weighted by Gasteiger charge is -2.43. The number of amides is 3. The zero-order chi connectivity index (χ0) is 27.4. The third-order valence-corrected chi connectivity index (χ3v) is 6.48. The second kappa shape index (κ2) is 15.5. The van der Waals surface area contributed by atoms with Gasteiger partial charge in [-0.05, 0) is 34.9 Å². The lowest BCUT2D eigenvalue weighted by Crippen LogP contribution is -2.57. The summed E-state index contributed by atoms with van der Waals surface area (Å²) in [6.45, 7) is 0.717. The Bertz CT molecular complexity index is 832. The first-order valence-electron chi connectivity index (χ1n) is 10.3. The van der Waals surface area contributed by atoms with E-state index >= 15 is 0 Å². The Kier molecular flexibility index (Phi) is 13.5. The second-order valence-electron chi connectivity index (χ2n) is 7.84. The first-order chi connectivity index (χ1) is 16.9. The largest absolute Gasteiger partial charge is 0.368 e. The van der Waals surface area contributed by atoms with Crippen LogP contribution in [0.1, 0.15) is 0 Å². The van der Waals surface area contributed by atoms with E-state index in [1.54, 1.807) is 14.7 Å². The van der Waals surface area contributed by atoms with Crippen molar-refractivity contribution in [2.45, 2.75) is 16.1 Å². The van der Waals surface area contributed by atoms with Gasteiger partial charge in [-0.3, -0.25) is 43.5 Å². The molecular weight excluding hydrogens is 539 g/mol. The van der Waals surface area contributed by atoms with Crippen molar-refractivity contribution in [1.29, 1.82) is 0 Å². The Morgan fingerprint density at radius 2 is 0.806 bits per heavy atom. The van der Waals surface area contributed by atoms with Crippen LogP contribution >= 0.6 is 34.8 Å². The van der Waals surface area contributed by atoms with Crippen molar-refractivity contribution >= 4 is 71.4 Å². The van der Waals surface area contributed by atoms with Crippen LogP contribution in [0.4, 0.5) is 0 Å². The third kappa shape index (κ3) is 9.80. The van der Waals surface area contributed by atoms with Crippen LogP contribution in [-0.4, -0.2) is 107 Å². The standard InChI is InChI=1S/C21H27Cl3N6O6/c22-16(19(25)34)13(1-4-31)7-28-10-29(8-14(2-5-32)17(23)20(26)35)12-30(11-28)9-15(3-6-33)18(24)21(27)36/h1-6,16-18H,7-12H2,(H2,25,34)(H2,26,35)(H2,27,36). The van der Waals surface area contributed by atoms with E-state index in [0.717, 1.165) is 18.2 Å². The van der Waals surface area contributed by atoms with E-state index in [1.165, 1.54) is 0 Å². The number of hydrogen-bond donors (Lipinski definition) is 3. The van der Waals surface area contributed by atoms with Crippen LogP contribution < -0.4 is 17.2 Å². The number of aldehydes is 3. The number of nitrogens with zero attached hydrogens (tertiary/aromatic N) is 3. The van der Waals surface area contributed by atoms with Crippen LogP contribution in [0, 0.1) is 0 Å². The maximum atomic E-state index is 11.6. The summed E-state index contributed by atoms with van der Waals surface area (Å²) in [5.74, 6) is -2.54. The Balaban J connectivity index is 3.30. The van der Waals surface area contributed by atoms with Gasteiger partial charge in [-0.1, -0.05) is 0 Å². The number of rotatable bonds is 15. The fraction of sp³-hybridized carbons (Fsp3) is 0.429. The van der Waals surface area contributed by atoms with Crippen molar-refractivity contribution in [3.05, 3.63) is 34.9 Å². The lowest BCUT2D eigenvalue weighted by molar-refractivity contribution is -0.118. The van der Waals surface area contributed by atoms with E-state index in [0.29, 0.717) is 18.9 Å². The Hall–Kier alpha value is -2.61. The highest BCUT2D eigenvalue weighted by molar-refractivity contribution is 6.33. The summed E-state index contributed by atoms with van der Waals surface area (Å²) in [5.41, 5.74) is 16.5. The molecule has 1 aliphatic rings. The van der Waals surface area contributed by atoms with Gasteiger partial charge in [0.15, 0.2) is 0 Å².